The molecule has 0 aliphatic heterocycles. The molecule has 0 spiro atoms. The minimum absolute atomic E-state index is 0.434. The first-order valence-electron chi connectivity index (χ1n) is 4.66. The monoisotopic (exact) mass is 228 g/mol. The number of pyridine rings is 1. The maximum atomic E-state index is 10.8. The number of carboxylic acids is 1. The molecule has 0 saturated carbocycles. The van der Waals surface area contributed by atoms with Gasteiger partial charge in [0.05, 0.1) is 11.9 Å². The van der Waals surface area contributed by atoms with E-state index in [1.54, 1.807) is 6.07 Å². The van der Waals surface area contributed by atoms with E-state index in [0.717, 1.165) is 5.56 Å². The van der Waals surface area contributed by atoms with Crippen molar-refractivity contribution in [2.24, 2.45) is 0 Å². The molecule has 0 amide bonds. The zero-order chi connectivity index (χ0) is 11.4. The van der Waals surface area contributed by atoms with Crippen LogP contribution < -0.4 is 5.32 Å². The van der Waals surface area contributed by atoms with Crippen LogP contribution in [0.2, 0.25) is 5.15 Å². The van der Waals surface area contributed by atoms with Gasteiger partial charge in [-0.3, -0.25) is 0 Å². The summed E-state index contributed by atoms with van der Waals surface area (Å²) in [7, 11) is 0. The molecule has 0 aliphatic rings. The van der Waals surface area contributed by atoms with E-state index >= 15 is 0 Å². The fourth-order valence-corrected chi connectivity index (χ4v) is 1.28. The fourth-order valence-electron chi connectivity index (χ4n) is 1.18. The van der Waals surface area contributed by atoms with E-state index in [4.69, 9.17) is 16.7 Å². The number of nitrogens with one attached hydrogen (secondary N) is 1. The summed E-state index contributed by atoms with van der Waals surface area (Å²) in [5.41, 5.74) is 1.49. The van der Waals surface area contributed by atoms with Crippen LogP contribution >= 0.6 is 11.6 Å². The molecule has 0 fully saturated rings. The summed E-state index contributed by atoms with van der Waals surface area (Å²) >= 11 is 5.76. The minimum atomic E-state index is -0.870. The number of carboxylic acid groups (broad SMARTS) is 1. The molecule has 5 heteroatoms. The molecule has 0 radical (unpaired) electrons. The van der Waals surface area contributed by atoms with E-state index in [1.807, 2.05) is 13.8 Å². The van der Waals surface area contributed by atoms with Gasteiger partial charge in [0.1, 0.15) is 11.2 Å². The van der Waals surface area contributed by atoms with Crippen molar-refractivity contribution in [2.75, 3.05) is 5.32 Å². The number of hydrogen-bond acceptors (Lipinski definition) is 3. The lowest BCUT2D eigenvalue weighted by molar-refractivity contribution is -0.137. The Bertz CT molecular complexity index is 368. The molecule has 0 saturated heterocycles. The van der Waals surface area contributed by atoms with Crippen LogP contribution in [-0.4, -0.2) is 22.1 Å². The Morgan fingerprint density at radius 1 is 1.73 bits per heavy atom. The van der Waals surface area contributed by atoms with E-state index in [2.05, 4.69) is 10.3 Å². The first-order chi connectivity index (χ1) is 7.04. The first kappa shape index (κ1) is 11.8. The molecule has 0 aromatic carbocycles. The van der Waals surface area contributed by atoms with E-state index in [1.165, 1.54) is 6.20 Å². The molecular weight excluding hydrogens is 216 g/mol. The molecule has 1 rings (SSSR count). The summed E-state index contributed by atoms with van der Waals surface area (Å²) in [6, 6.07) is 1.19. The number of rotatable bonds is 4. The minimum Gasteiger partial charge on any atom is -0.480 e. The van der Waals surface area contributed by atoms with Crippen molar-refractivity contribution in [2.45, 2.75) is 26.3 Å². The van der Waals surface area contributed by atoms with Gasteiger partial charge in [-0.15, -0.1) is 0 Å². The van der Waals surface area contributed by atoms with Gasteiger partial charge in [-0.1, -0.05) is 18.5 Å². The van der Waals surface area contributed by atoms with Crippen molar-refractivity contribution < 1.29 is 9.90 Å². The molecule has 1 heterocycles. The van der Waals surface area contributed by atoms with Crippen molar-refractivity contribution in [3.05, 3.63) is 23.0 Å². The number of aromatic nitrogens is 1. The predicted molar refractivity (Wildman–Crippen MR) is 59.3 cm³/mol. The quantitative estimate of drug-likeness (QED) is 0.777. The van der Waals surface area contributed by atoms with E-state index in [9.17, 15) is 4.79 Å². The van der Waals surface area contributed by atoms with Crippen LogP contribution in [0.1, 0.15) is 18.9 Å². The van der Waals surface area contributed by atoms with Gasteiger partial charge < -0.3 is 10.4 Å². The number of carbonyl (C=O) groups is 1. The van der Waals surface area contributed by atoms with Gasteiger partial charge in [0.2, 0.25) is 0 Å². The van der Waals surface area contributed by atoms with Gasteiger partial charge in [-0.25, -0.2) is 9.78 Å². The molecule has 0 bridgehead atoms. The first-order valence-corrected chi connectivity index (χ1v) is 5.04. The van der Waals surface area contributed by atoms with E-state index in [0.29, 0.717) is 17.3 Å². The van der Waals surface area contributed by atoms with E-state index in [-0.39, 0.29) is 0 Å². The Kier molecular flexibility index (Phi) is 3.91. The molecule has 15 heavy (non-hydrogen) atoms. The largest absolute Gasteiger partial charge is 0.480 e. The van der Waals surface area contributed by atoms with Gasteiger partial charge in [0.25, 0.3) is 0 Å². The van der Waals surface area contributed by atoms with Gasteiger partial charge in [-0.05, 0) is 25.0 Å². The highest BCUT2D eigenvalue weighted by molar-refractivity contribution is 6.30. The highest BCUT2D eigenvalue weighted by atomic mass is 35.5. The molecule has 1 atom stereocenters. The highest BCUT2D eigenvalue weighted by Gasteiger charge is 2.14. The Hall–Kier alpha value is -1.29. The number of halogens is 1. The lowest BCUT2D eigenvalue weighted by Gasteiger charge is -2.13. The van der Waals surface area contributed by atoms with Crippen molar-refractivity contribution in [1.82, 2.24) is 4.98 Å². The van der Waals surface area contributed by atoms with Crippen LogP contribution in [0.15, 0.2) is 12.3 Å². The molecule has 1 aromatic heterocycles. The van der Waals surface area contributed by atoms with Gasteiger partial charge >= 0.3 is 5.97 Å². The zero-order valence-corrected chi connectivity index (χ0v) is 9.38. The van der Waals surface area contributed by atoms with Crippen LogP contribution in [0.4, 0.5) is 5.69 Å². The summed E-state index contributed by atoms with van der Waals surface area (Å²) in [5, 5.41) is 12.2. The Balaban J connectivity index is 2.80. The van der Waals surface area contributed by atoms with Crippen LogP contribution in [0.25, 0.3) is 0 Å². The van der Waals surface area contributed by atoms with Crippen molar-refractivity contribution in [3.63, 3.8) is 0 Å². The average Bonchev–Trinajstić information content (AvgIpc) is 2.19. The third-order valence-corrected chi connectivity index (χ3v) is 2.46. The van der Waals surface area contributed by atoms with Gasteiger partial charge in [0.15, 0.2) is 0 Å². The van der Waals surface area contributed by atoms with Crippen molar-refractivity contribution in [1.29, 1.82) is 0 Å². The lowest BCUT2D eigenvalue weighted by Crippen LogP contribution is -2.28. The Labute approximate surface area is 93.3 Å². The molecule has 82 valence electrons. The SMILES string of the molecule is CCC(Nc1cnc(Cl)c(C)c1)C(=O)O. The summed E-state index contributed by atoms with van der Waals surface area (Å²) < 4.78 is 0. The van der Waals surface area contributed by atoms with E-state index < -0.39 is 12.0 Å². The standard InChI is InChI=1S/C10H13ClN2O2/c1-3-8(10(14)15)13-7-4-6(2)9(11)12-5-7/h4-5,8,13H,3H2,1-2H3,(H,14,15). The van der Waals surface area contributed by atoms with Gasteiger partial charge in [-0.2, -0.15) is 0 Å². The number of hydrogen-bond donors (Lipinski definition) is 2. The molecule has 2 N–H and O–H groups in total. The third-order valence-electron chi connectivity index (χ3n) is 2.06. The topological polar surface area (TPSA) is 62.2 Å². The maximum Gasteiger partial charge on any atom is 0.326 e. The number of anilines is 1. The normalized spacial score (nSPS) is 12.2. The van der Waals surface area contributed by atoms with Crippen LogP contribution in [0, 0.1) is 6.92 Å². The number of aliphatic carboxylic acids is 1. The van der Waals surface area contributed by atoms with Gasteiger partial charge in [0, 0.05) is 0 Å². The number of aryl methyl sites for hydroxylation is 1. The highest BCUT2D eigenvalue weighted by Crippen LogP contribution is 2.17. The molecular formula is C10H13ClN2O2. The smallest absolute Gasteiger partial charge is 0.326 e. The molecule has 0 aliphatic carbocycles. The third kappa shape index (κ3) is 3.09. The summed E-state index contributed by atoms with van der Waals surface area (Å²) in [4.78, 5) is 14.7. The summed E-state index contributed by atoms with van der Waals surface area (Å²) in [5.74, 6) is -0.870. The Morgan fingerprint density at radius 2 is 2.40 bits per heavy atom. The fraction of sp³-hybridized carbons (Fsp3) is 0.400. The molecule has 1 unspecified atom stereocenters. The van der Waals surface area contributed by atoms with Crippen LogP contribution in [-0.2, 0) is 4.79 Å². The maximum absolute atomic E-state index is 10.8. The summed E-state index contributed by atoms with van der Waals surface area (Å²) in [6.07, 6.45) is 2.04. The van der Waals surface area contributed by atoms with Crippen molar-refractivity contribution >= 4 is 23.3 Å². The second kappa shape index (κ2) is 4.98. The second-order valence-corrected chi connectivity index (χ2v) is 3.63. The van der Waals surface area contributed by atoms with Crippen LogP contribution in [0.5, 0.6) is 0 Å². The predicted octanol–water partition coefficient (Wildman–Crippen LogP) is 2.32. The number of nitrogens with zero attached hydrogens (tertiary/aromatic N) is 1. The average molecular weight is 229 g/mol. The summed E-state index contributed by atoms with van der Waals surface area (Å²) in [6.45, 7) is 3.63. The zero-order valence-electron chi connectivity index (χ0n) is 8.62. The van der Waals surface area contributed by atoms with Crippen LogP contribution in [0.3, 0.4) is 0 Å². The lowest BCUT2D eigenvalue weighted by atomic mass is 10.2. The Morgan fingerprint density at radius 3 is 2.87 bits per heavy atom. The second-order valence-electron chi connectivity index (χ2n) is 3.28. The molecule has 4 nitrogen and oxygen atoms in total. The van der Waals surface area contributed by atoms with Crippen molar-refractivity contribution in [3.8, 4) is 0 Å². The molecule has 1 aromatic rings.